The average Bonchev–Trinajstić information content (AvgIpc) is 3.13. The molecule has 1 aliphatic carbocycles. The highest BCUT2D eigenvalue weighted by molar-refractivity contribution is 6.01. The maximum Gasteiger partial charge on any atom is 0.255 e. The molecule has 0 aromatic heterocycles. The van der Waals surface area contributed by atoms with E-state index < -0.39 is 11.9 Å². The number of nitrogens with zero attached hydrogens (tertiary/aromatic N) is 1. The molecule has 2 fully saturated rings. The highest BCUT2D eigenvalue weighted by Crippen LogP contribution is 2.34. The van der Waals surface area contributed by atoms with Crippen molar-refractivity contribution in [3.05, 3.63) is 41.4 Å². The summed E-state index contributed by atoms with van der Waals surface area (Å²) in [7, 11) is 0. The van der Waals surface area contributed by atoms with Crippen molar-refractivity contribution in [1.29, 1.82) is 0 Å². The lowest BCUT2D eigenvalue weighted by Crippen LogP contribution is -2.49. The molecule has 0 spiro atoms. The Morgan fingerprint density at radius 1 is 1.27 bits per heavy atom. The number of ether oxygens (including phenoxy) is 1. The second-order valence-electron chi connectivity index (χ2n) is 7.27. The molecule has 0 bridgehead atoms. The number of amides is 2. The Morgan fingerprint density at radius 3 is 2.77 bits per heavy atom. The van der Waals surface area contributed by atoms with Crippen molar-refractivity contribution < 1.29 is 18.7 Å². The molecule has 2 amide bonds. The summed E-state index contributed by atoms with van der Waals surface area (Å²) < 4.78 is 20.2. The molecule has 1 aromatic rings. The predicted molar refractivity (Wildman–Crippen MR) is 92.8 cm³/mol. The molecule has 1 unspecified atom stereocenters. The van der Waals surface area contributed by atoms with Crippen molar-refractivity contribution >= 4 is 11.8 Å². The minimum absolute atomic E-state index is 0.0974. The molecular formula is C19H22FN3O3. The van der Waals surface area contributed by atoms with Gasteiger partial charge in [0.2, 0.25) is 5.91 Å². The van der Waals surface area contributed by atoms with Crippen LogP contribution in [0.25, 0.3) is 0 Å². The number of hydrogen-bond donors (Lipinski definition) is 2. The van der Waals surface area contributed by atoms with Crippen molar-refractivity contribution in [1.82, 2.24) is 10.2 Å². The van der Waals surface area contributed by atoms with E-state index in [1.165, 1.54) is 11.0 Å². The van der Waals surface area contributed by atoms with E-state index in [9.17, 15) is 14.0 Å². The van der Waals surface area contributed by atoms with Gasteiger partial charge < -0.3 is 20.7 Å². The van der Waals surface area contributed by atoms with Crippen LogP contribution >= 0.6 is 0 Å². The second-order valence-corrected chi connectivity index (χ2v) is 7.27. The predicted octanol–water partition coefficient (Wildman–Crippen LogP) is 1.83. The van der Waals surface area contributed by atoms with E-state index in [4.69, 9.17) is 10.5 Å². The second kappa shape index (κ2) is 6.39. The summed E-state index contributed by atoms with van der Waals surface area (Å²) in [5.41, 5.74) is 7.62. The molecule has 1 saturated heterocycles. The van der Waals surface area contributed by atoms with Gasteiger partial charge in [0, 0.05) is 23.8 Å². The minimum atomic E-state index is -0.570. The molecule has 1 saturated carbocycles. The zero-order chi connectivity index (χ0) is 18.4. The first-order chi connectivity index (χ1) is 12.4. The van der Waals surface area contributed by atoms with E-state index >= 15 is 0 Å². The van der Waals surface area contributed by atoms with E-state index in [1.54, 1.807) is 6.07 Å². The molecule has 26 heavy (non-hydrogen) atoms. The fourth-order valence-electron chi connectivity index (χ4n) is 4.00. The van der Waals surface area contributed by atoms with Gasteiger partial charge in [0.05, 0.1) is 0 Å². The molecule has 3 atom stereocenters. The molecule has 7 heteroatoms. The Kier molecular flexibility index (Phi) is 4.19. The third-order valence-corrected chi connectivity index (χ3v) is 5.47. The Labute approximate surface area is 151 Å². The zero-order valence-corrected chi connectivity index (χ0v) is 14.5. The van der Waals surface area contributed by atoms with Crippen molar-refractivity contribution in [2.45, 2.75) is 56.8 Å². The molecular weight excluding hydrogens is 337 g/mol. The van der Waals surface area contributed by atoms with Crippen molar-refractivity contribution in [2.75, 3.05) is 0 Å². The lowest BCUT2D eigenvalue weighted by molar-refractivity contribution is -0.126. The third kappa shape index (κ3) is 2.86. The normalized spacial score (nSPS) is 28.3. The van der Waals surface area contributed by atoms with Crippen LogP contribution in [-0.2, 0) is 11.3 Å². The first kappa shape index (κ1) is 17.0. The average molecular weight is 359 g/mol. The van der Waals surface area contributed by atoms with Gasteiger partial charge in [-0.2, -0.15) is 0 Å². The van der Waals surface area contributed by atoms with Crippen LogP contribution in [0, 0.1) is 5.82 Å². The number of halogens is 1. The summed E-state index contributed by atoms with van der Waals surface area (Å²) in [5, 5.41) is 2.69. The van der Waals surface area contributed by atoms with Gasteiger partial charge in [0.15, 0.2) is 11.6 Å². The van der Waals surface area contributed by atoms with Crippen molar-refractivity contribution in [3.8, 4) is 5.75 Å². The maximum absolute atomic E-state index is 14.5. The monoisotopic (exact) mass is 359 g/mol. The van der Waals surface area contributed by atoms with Crippen LogP contribution in [0.5, 0.6) is 5.75 Å². The summed E-state index contributed by atoms with van der Waals surface area (Å²) in [4.78, 5) is 26.4. The number of rotatable bonds is 3. The van der Waals surface area contributed by atoms with Crippen LogP contribution in [0.1, 0.15) is 48.0 Å². The smallest absolute Gasteiger partial charge is 0.255 e. The molecule has 1 aromatic carbocycles. The van der Waals surface area contributed by atoms with Crippen LogP contribution in [0.2, 0.25) is 0 Å². The van der Waals surface area contributed by atoms with Crippen LogP contribution in [0.15, 0.2) is 24.4 Å². The zero-order valence-electron chi connectivity index (χ0n) is 14.5. The van der Waals surface area contributed by atoms with Gasteiger partial charge >= 0.3 is 0 Å². The van der Waals surface area contributed by atoms with E-state index in [1.807, 2.05) is 0 Å². The van der Waals surface area contributed by atoms with Crippen LogP contribution in [0.4, 0.5) is 4.39 Å². The van der Waals surface area contributed by atoms with Crippen LogP contribution in [-0.4, -0.2) is 34.9 Å². The number of carbonyl (C=O) groups is 2. The highest BCUT2D eigenvalue weighted by Gasteiger charge is 2.39. The van der Waals surface area contributed by atoms with Gasteiger partial charge in [-0.1, -0.05) is 6.58 Å². The molecule has 3 aliphatic rings. The van der Waals surface area contributed by atoms with Crippen LogP contribution in [0.3, 0.4) is 0 Å². The summed E-state index contributed by atoms with van der Waals surface area (Å²) in [5.74, 6) is -1.01. The van der Waals surface area contributed by atoms with Gasteiger partial charge in [-0.15, -0.1) is 0 Å². The molecule has 2 heterocycles. The Balaban J connectivity index is 1.56. The van der Waals surface area contributed by atoms with Crippen molar-refractivity contribution in [3.63, 3.8) is 0 Å². The van der Waals surface area contributed by atoms with Crippen LogP contribution < -0.4 is 15.8 Å². The minimum Gasteiger partial charge on any atom is -0.486 e. The number of fused-ring (bicyclic) bond motifs is 1. The number of nitrogens with two attached hydrogens (primary N) is 1. The topological polar surface area (TPSA) is 84.7 Å². The molecule has 138 valence electrons. The number of benzene rings is 1. The molecule has 3 N–H and O–H groups in total. The molecule has 2 aliphatic heterocycles. The fraction of sp³-hybridized carbons (Fsp3) is 0.474. The maximum atomic E-state index is 14.5. The Bertz CT molecular complexity index is 794. The van der Waals surface area contributed by atoms with Crippen molar-refractivity contribution in [2.24, 2.45) is 5.73 Å². The first-order valence-corrected chi connectivity index (χ1v) is 8.98. The van der Waals surface area contributed by atoms with Gasteiger partial charge in [0.1, 0.15) is 12.1 Å². The fourth-order valence-corrected chi connectivity index (χ4v) is 4.00. The quantitative estimate of drug-likeness (QED) is 0.862. The number of nitrogens with one attached hydrogen (secondary N) is 1. The number of carbonyl (C=O) groups excluding carboxylic acids is 2. The largest absolute Gasteiger partial charge is 0.486 e. The summed E-state index contributed by atoms with van der Waals surface area (Å²) in [6.45, 7) is 4.02. The summed E-state index contributed by atoms with van der Waals surface area (Å²) in [6, 6.07) is 2.14. The van der Waals surface area contributed by atoms with E-state index in [0.717, 1.165) is 19.3 Å². The molecule has 6 nitrogen and oxygen atoms in total. The molecule has 4 rings (SSSR count). The van der Waals surface area contributed by atoms with Gasteiger partial charge in [-0.05, 0) is 49.8 Å². The van der Waals surface area contributed by atoms with Gasteiger partial charge in [-0.3, -0.25) is 9.59 Å². The summed E-state index contributed by atoms with van der Waals surface area (Å²) in [6.07, 6.45) is 3.57. The first-order valence-electron chi connectivity index (χ1n) is 8.98. The lowest BCUT2D eigenvalue weighted by Gasteiger charge is -2.30. The SMILES string of the molecule is C=C1CCC(N2Cc3cc(O[C@@H]4CCC[C@@H]4N)c(F)cc3C2=O)C(=O)N1. The van der Waals surface area contributed by atoms with Gasteiger partial charge in [0.25, 0.3) is 5.91 Å². The lowest BCUT2D eigenvalue weighted by atomic mass is 10.0. The molecule has 0 radical (unpaired) electrons. The van der Waals surface area contributed by atoms with E-state index in [0.29, 0.717) is 29.7 Å². The van der Waals surface area contributed by atoms with E-state index in [-0.39, 0.29) is 36.3 Å². The standard InChI is InChI=1S/C19H22FN3O3/c1-10-5-6-15(18(24)22-10)23-9-11-7-17(13(20)8-12(11)19(23)25)26-16-4-2-3-14(16)21/h7-8,14-16H,1-6,9,21H2,(H,22,24)/t14-,15?,16+/m0/s1. The number of allylic oxidation sites excluding steroid dienone is 1. The van der Waals surface area contributed by atoms with Gasteiger partial charge in [-0.25, -0.2) is 4.39 Å². The number of hydrogen-bond acceptors (Lipinski definition) is 4. The third-order valence-electron chi connectivity index (χ3n) is 5.47. The summed E-state index contributed by atoms with van der Waals surface area (Å²) >= 11 is 0. The van der Waals surface area contributed by atoms with E-state index in [2.05, 4.69) is 11.9 Å². The number of piperidine rings is 1. The Morgan fingerprint density at radius 2 is 2.08 bits per heavy atom. The highest BCUT2D eigenvalue weighted by atomic mass is 19.1. The Hall–Kier alpha value is -2.41.